The van der Waals surface area contributed by atoms with Gasteiger partial charge in [-0.25, -0.2) is 0 Å². The summed E-state index contributed by atoms with van der Waals surface area (Å²) >= 11 is 0. The fourth-order valence-electron chi connectivity index (χ4n) is 2.15. The van der Waals surface area contributed by atoms with Crippen molar-refractivity contribution in [1.82, 2.24) is 5.32 Å². The molecule has 0 aliphatic carbocycles. The fraction of sp³-hybridized carbons (Fsp3) is 0.600. The molecule has 2 rings (SSSR count). The van der Waals surface area contributed by atoms with Crippen LogP contribution in [0.3, 0.4) is 0 Å². The third kappa shape index (κ3) is 3.55. The molecular formula is C15H23NO2. The lowest BCUT2D eigenvalue weighted by molar-refractivity contribution is -0.137. The Balaban J connectivity index is 1.77. The van der Waals surface area contributed by atoms with Gasteiger partial charge in [0.15, 0.2) is 5.79 Å². The molecule has 0 radical (unpaired) electrons. The van der Waals surface area contributed by atoms with Crippen LogP contribution in [0.1, 0.15) is 30.5 Å². The van der Waals surface area contributed by atoms with Gasteiger partial charge in [0, 0.05) is 13.1 Å². The van der Waals surface area contributed by atoms with Crippen LogP contribution >= 0.6 is 0 Å². The molecule has 1 aromatic rings. The predicted molar refractivity (Wildman–Crippen MR) is 72.5 cm³/mol. The van der Waals surface area contributed by atoms with Gasteiger partial charge in [-0.1, -0.05) is 18.2 Å². The number of hydrogen-bond donors (Lipinski definition) is 1. The van der Waals surface area contributed by atoms with E-state index in [4.69, 9.17) is 9.47 Å². The van der Waals surface area contributed by atoms with Crippen LogP contribution in [0.4, 0.5) is 0 Å². The molecule has 18 heavy (non-hydrogen) atoms. The van der Waals surface area contributed by atoms with Crippen molar-refractivity contribution < 1.29 is 9.47 Å². The lowest BCUT2D eigenvalue weighted by Crippen LogP contribution is -2.30. The number of hydrogen-bond acceptors (Lipinski definition) is 3. The Morgan fingerprint density at radius 2 is 2.06 bits per heavy atom. The van der Waals surface area contributed by atoms with Crippen molar-refractivity contribution in [3.8, 4) is 0 Å². The van der Waals surface area contributed by atoms with Crippen molar-refractivity contribution >= 4 is 0 Å². The number of ether oxygens (including phenoxy) is 2. The molecule has 0 bridgehead atoms. The Morgan fingerprint density at radius 1 is 1.28 bits per heavy atom. The van der Waals surface area contributed by atoms with E-state index in [9.17, 15) is 0 Å². The molecule has 1 fully saturated rings. The predicted octanol–water partition coefficient (Wildman–Crippen LogP) is 2.54. The summed E-state index contributed by atoms with van der Waals surface area (Å²) in [5.41, 5.74) is 4.00. The number of benzene rings is 1. The van der Waals surface area contributed by atoms with Crippen LogP contribution in [0.2, 0.25) is 0 Å². The van der Waals surface area contributed by atoms with E-state index in [2.05, 4.69) is 37.4 Å². The number of rotatable bonds is 4. The summed E-state index contributed by atoms with van der Waals surface area (Å²) in [4.78, 5) is 0. The lowest BCUT2D eigenvalue weighted by Gasteiger charge is -2.17. The van der Waals surface area contributed by atoms with Gasteiger partial charge in [0.2, 0.25) is 0 Å². The molecule has 1 saturated heterocycles. The van der Waals surface area contributed by atoms with E-state index in [0.29, 0.717) is 6.61 Å². The summed E-state index contributed by atoms with van der Waals surface area (Å²) in [6.45, 7) is 10.6. The van der Waals surface area contributed by atoms with E-state index in [-0.39, 0.29) is 6.10 Å². The highest BCUT2D eigenvalue weighted by atomic mass is 16.7. The lowest BCUT2D eigenvalue weighted by atomic mass is 10.1. The third-order valence-electron chi connectivity index (χ3n) is 3.34. The number of aryl methyl sites for hydroxylation is 2. The molecule has 0 aromatic heterocycles. The van der Waals surface area contributed by atoms with E-state index in [1.54, 1.807) is 0 Å². The molecule has 3 nitrogen and oxygen atoms in total. The first-order valence-corrected chi connectivity index (χ1v) is 6.55. The first-order valence-electron chi connectivity index (χ1n) is 6.55. The summed E-state index contributed by atoms with van der Waals surface area (Å²) < 4.78 is 11.3. The van der Waals surface area contributed by atoms with Gasteiger partial charge >= 0.3 is 0 Å². The van der Waals surface area contributed by atoms with Crippen molar-refractivity contribution in [2.75, 3.05) is 13.2 Å². The van der Waals surface area contributed by atoms with E-state index in [1.165, 1.54) is 16.7 Å². The van der Waals surface area contributed by atoms with Gasteiger partial charge in [-0.2, -0.15) is 0 Å². The molecule has 1 aromatic carbocycles. The molecule has 0 saturated carbocycles. The van der Waals surface area contributed by atoms with Gasteiger partial charge in [-0.05, 0) is 44.4 Å². The molecule has 1 aliphatic rings. The van der Waals surface area contributed by atoms with Crippen LogP contribution in [0, 0.1) is 13.8 Å². The maximum Gasteiger partial charge on any atom is 0.163 e. The van der Waals surface area contributed by atoms with E-state index >= 15 is 0 Å². The number of nitrogens with one attached hydrogen (secondary N) is 1. The Morgan fingerprint density at radius 3 is 2.67 bits per heavy atom. The first kappa shape index (κ1) is 13.5. The highest BCUT2D eigenvalue weighted by Gasteiger charge is 2.32. The first-order chi connectivity index (χ1) is 8.46. The smallest absolute Gasteiger partial charge is 0.163 e. The molecule has 1 N–H and O–H groups in total. The zero-order valence-corrected chi connectivity index (χ0v) is 11.7. The second kappa shape index (κ2) is 5.39. The van der Waals surface area contributed by atoms with Crippen molar-refractivity contribution in [3.63, 3.8) is 0 Å². The maximum absolute atomic E-state index is 5.74. The molecule has 3 heteroatoms. The molecular weight excluding hydrogens is 226 g/mol. The van der Waals surface area contributed by atoms with Crippen molar-refractivity contribution in [2.45, 2.75) is 46.1 Å². The molecule has 1 aliphatic heterocycles. The van der Waals surface area contributed by atoms with Crippen LogP contribution in [0.15, 0.2) is 18.2 Å². The van der Waals surface area contributed by atoms with Gasteiger partial charge in [0.05, 0.1) is 12.7 Å². The normalized spacial score (nSPS) is 22.3. The van der Waals surface area contributed by atoms with Crippen LogP contribution in [0.5, 0.6) is 0 Å². The SMILES string of the molecule is Cc1ccc(CNCC2COC(C)(C)O2)cc1C. The monoisotopic (exact) mass is 249 g/mol. The van der Waals surface area contributed by atoms with Crippen LogP contribution < -0.4 is 5.32 Å². The summed E-state index contributed by atoms with van der Waals surface area (Å²) in [6.07, 6.45) is 0.159. The van der Waals surface area contributed by atoms with Crippen LogP contribution in [0.25, 0.3) is 0 Å². The minimum absolute atomic E-state index is 0.159. The van der Waals surface area contributed by atoms with Crippen LogP contribution in [-0.4, -0.2) is 25.0 Å². The highest BCUT2D eigenvalue weighted by molar-refractivity contribution is 5.29. The zero-order valence-electron chi connectivity index (χ0n) is 11.7. The minimum atomic E-state index is -0.424. The van der Waals surface area contributed by atoms with Gasteiger partial charge in [-0.3, -0.25) is 0 Å². The topological polar surface area (TPSA) is 30.5 Å². The molecule has 0 amide bonds. The van der Waals surface area contributed by atoms with Gasteiger partial charge in [0.25, 0.3) is 0 Å². The van der Waals surface area contributed by atoms with Crippen LogP contribution in [-0.2, 0) is 16.0 Å². The second-order valence-electron chi connectivity index (χ2n) is 5.50. The average Bonchev–Trinajstić information content (AvgIpc) is 2.63. The van der Waals surface area contributed by atoms with Crippen molar-refractivity contribution in [2.24, 2.45) is 0 Å². The Kier molecular flexibility index (Phi) is 4.05. The van der Waals surface area contributed by atoms with E-state index in [1.807, 2.05) is 13.8 Å². The third-order valence-corrected chi connectivity index (χ3v) is 3.34. The second-order valence-corrected chi connectivity index (χ2v) is 5.50. The summed E-state index contributed by atoms with van der Waals surface area (Å²) in [7, 11) is 0. The van der Waals surface area contributed by atoms with Crippen molar-refractivity contribution in [3.05, 3.63) is 34.9 Å². The van der Waals surface area contributed by atoms with E-state index in [0.717, 1.165) is 13.1 Å². The summed E-state index contributed by atoms with van der Waals surface area (Å²) in [6, 6.07) is 6.58. The fourth-order valence-corrected chi connectivity index (χ4v) is 2.15. The quantitative estimate of drug-likeness (QED) is 0.889. The largest absolute Gasteiger partial charge is 0.348 e. The highest BCUT2D eigenvalue weighted by Crippen LogP contribution is 2.21. The average molecular weight is 249 g/mol. The molecule has 1 atom stereocenters. The minimum Gasteiger partial charge on any atom is -0.348 e. The van der Waals surface area contributed by atoms with E-state index < -0.39 is 5.79 Å². The van der Waals surface area contributed by atoms with Gasteiger partial charge in [-0.15, -0.1) is 0 Å². The Hall–Kier alpha value is -0.900. The summed E-state index contributed by atoms with van der Waals surface area (Å²) in [5, 5.41) is 3.42. The van der Waals surface area contributed by atoms with Crippen molar-refractivity contribution in [1.29, 1.82) is 0 Å². The summed E-state index contributed by atoms with van der Waals surface area (Å²) in [5.74, 6) is -0.424. The molecule has 1 unspecified atom stereocenters. The van der Waals surface area contributed by atoms with Gasteiger partial charge < -0.3 is 14.8 Å². The maximum atomic E-state index is 5.74. The molecule has 100 valence electrons. The molecule has 0 spiro atoms. The standard InChI is InChI=1S/C15H23NO2/c1-11-5-6-13(7-12(11)2)8-16-9-14-10-17-15(3,4)18-14/h5-7,14,16H,8-10H2,1-4H3. The Labute approximate surface area is 109 Å². The zero-order chi connectivity index (χ0) is 13.2. The Bertz CT molecular complexity index is 415. The molecule has 1 heterocycles. The van der Waals surface area contributed by atoms with Gasteiger partial charge in [0.1, 0.15) is 0 Å².